The quantitative estimate of drug-likeness (QED) is 0.620. The average molecular weight is 195 g/mol. The number of carbonyl (C=O) groups is 2. The van der Waals surface area contributed by atoms with E-state index in [4.69, 9.17) is 23.2 Å². The average Bonchev–Trinajstić information content (AvgIpc) is 1.96. The third-order valence-corrected chi connectivity index (χ3v) is 1.86. The fraction of sp³-hybridized carbons (Fsp3) is 0.400. The largest absolute Gasteiger partial charge is 0.347 e. The van der Waals surface area contributed by atoms with Gasteiger partial charge in [-0.1, -0.05) is 0 Å². The molecular weight excluding hydrogens is 191 g/mol. The summed E-state index contributed by atoms with van der Waals surface area (Å²) in [6.45, 7) is 0. The lowest BCUT2D eigenvalue weighted by atomic mass is 10.2. The summed E-state index contributed by atoms with van der Waals surface area (Å²) < 4.78 is 0. The molecule has 0 aromatic carbocycles. The molecule has 0 aromatic heterocycles. The lowest BCUT2D eigenvalue weighted by molar-refractivity contribution is -0.118. The Kier molecular flexibility index (Phi) is 2.46. The molecule has 0 saturated carbocycles. The van der Waals surface area contributed by atoms with E-state index in [-0.39, 0.29) is 11.6 Å². The van der Waals surface area contributed by atoms with E-state index in [1.165, 1.54) is 0 Å². The Bertz CT molecular complexity index is 239. The highest BCUT2D eigenvalue weighted by Gasteiger charge is 2.27. The number of nitrogens with one attached hydrogen (secondary N) is 1. The summed E-state index contributed by atoms with van der Waals surface area (Å²) in [4.78, 5) is 24.7. The summed E-state index contributed by atoms with van der Waals surface area (Å²) >= 11 is 10.9. The van der Waals surface area contributed by atoms with E-state index < -0.39 is 17.3 Å². The highest BCUT2D eigenvalue weighted by Crippen LogP contribution is 2.06. The van der Waals surface area contributed by atoms with Gasteiger partial charge in [-0.2, -0.15) is 4.99 Å². The third-order valence-electron chi connectivity index (χ3n) is 1.13. The van der Waals surface area contributed by atoms with Crippen LogP contribution < -0.4 is 5.32 Å². The van der Waals surface area contributed by atoms with Crippen molar-refractivity contribution in [3.63, 3.8) is 0 Å². The molecule has 1 rings (SSSR count). The molecule has 0 spiro atoms. The van der Waals surface area contributed by atoms with Gasteiger partial charge in [0.2, 0.25) is 0 Å². The number of hydrogen-bond donors (Lipinski definition) is 1. The van der Waals surface area contributed by atoms with Crippen LogP contribution in [0.25, 0.3) is 0 Å². The van der Waals surface area contributed by atoms with Crippen LogP contribution in [-0.2, 0) is 4.79 Å². The summed E-state index contributed by atoms with van der Waals surface area (Å²) in [5.74, 6) is -0.574. The Labute approximate surface area is 72.6 Å². The number of halogens is 2. The Balaban J connectivity index is 2.89. The molecule has 0 unspecified atom stereocenters. The van der Waals surface area contributed by atoms with E-state index in [2.05, 4.69) is 4.99 Å². The summed E-state index contributed by atoms with van der Waals surface area (Å²) in [6, 6.07) is -0.706. The minimum atomic E-state index is -0.912. The van der Waals surface area contributed by atoms with Crippen molar-refractivity contribution in [1.29, 1.82) is 0 Å². The Hall–Kier alpha value is -0.610. The highest BCUT2D eigenvalue weighted by molar-refractivity contribution is 6.49. The maximum absolute atomic E-state index is 10.8. The van der Waals surface area contributed by atoms with Gasteiger partial charge in [0.1, 0.15) is 0 Å². The zero-order valence-corrected chi connectivity index (χ0v) is 6.82. The van der Waals surface area contributed by atoms with Crippen LogP contribution in [0.15, 0.2) is 4.99 Å². The summed E-state index contributed by atoms with van der Waals surface area (Å²) in [7, 11) is 0. The number of rotatable bonds is 1. The molecule has 0 fully saturated rings. The van der Waals surface area contributed by atoms with Crippen LogP contribution in [0.5, 0.6) is 0 Å². The Morgan fingerprint density at radius 3 is 2.73 bits per heavy atom. The number of aliphatic imine (C=N–C) groups is 1. The fourth-order valence-corrected chi connectivity index (χ4v) is 1.11. The second-order valence-corrected chi connectivity index (χ2v) is 2.60. The molecule has 0 aliphatic carbocycles. The van der Waals surface area contributed by atoms with Gasteiger partial charge in [0.15, 0.2) is 5.38 Å². The van der Waals surface area contributed by atoms with Gasteiger partial charge >= 0.3 is 6.03 Å². The number of urea groups is 1. The van der Waals surface area contributed by atoms with Gasteiger partial charge in [0, 0.05) is 0 Å². The summed E-state index contributed by atoms with van der Waals surface area (Å²) in [6.07, 6.45) is 0. The smallest absolute Gasteiger partial charge is 0.275 e. The molecule has 1 aliphatic heterocycles. The van der Waals surface area contributed by atoms with E-state index in [1.807, 2.05) is 5.32 Å². The Morgan fingerprint density at radius 1 is 1.55 bits per heavy atom. The van der Waals surface area contributed by atoms with Gasteiger partial charge in [-0.25, -0.2) is 4.79 Å². The number of carbonyl (C=O) groups excluding carboxylic acids is 2. The molecule has 4 nitrogen and oxygen atoms in total. The van der Waals surface area contributed by atoms with Crippen molar-refractivity contribution in [1.82, 2.24) is 5.32 Å². The molecule has 60 valence electrons. The minimum absolute atomic E-state index is 0.00662. The van der Waals surface area contributed by atoms with Crippen molar-refractivity contribution >= 4 is 40.9 Å². The first-order valence-corrected chi connectivity index (χ1v) is 3.74. The predicted octanol–water partition coefficient (Wildman–Crippen LogP) is 0.523. The van der Waals surface area contributed by atoms with Gasteiger partial charge in [-0.15, -0.1) is 23.2 Å². The monoisotopic (exact) mass is 194 g/mol. The summed E-state index contributed by atoms with van der Waals surface area (Å²) in [5.41, 5.74) is 0.196. The normalized spacial score (nSPS) is 24.5. The Morgan fingerprint density at radius 2 is 2.18 bits per heavy atom. The third kappa shape index (κ3) is 1.70. The van der Waals surface area contributed by atoms with Crippen LogP contribution in [0.3, 0.4) is 0 Å². The molecule has 1 N–H and O–H groups in total. The van der Waals surface area contributed by atoms with E-state index in [0.717, 1.165) is 0 Å². The molecule has 1 aliphatic rings. The van der Waals surface area contributed by atoms with Crippen molar-refractivity contribution in [2.75, 3.05) is 5.88 Å². The zero-order chi connectivity index (χ0) is 8.43. The molecular formula is C5H4Cl2N2O2. The fourth-order valence-electron chi connectivity index (χ4n) is 0.633. The molecule has 0 saturated heterocycles. The van der Waals surface area contributed by atoms with Crippen LogP contribution >= 0.6 is 23.2 Å². The second-order valence-electron chi connectivity index (χ2n) is 1.89. The molecule has 6 heteroatoms. The first-order valence-electron chi connectivity index (χ1n) is 2.77. The van der Waals surface area contributed by atoms with Crippen LogP contribution in [0.4, 0.5) is 4.79 Å². The van der Waals surface area contributed by atoms with Gasteiger partial charge in [0.05, 0.1) is 11.6 Å². The molecule has 1 atom stereocenters. The maximum Gasteiger partial charge on any atom is 0.347 e. The standard InChI is InChI=1S/C5H4Cl2N2O2/c6-1-2-3(7)4(10)9-5(11)8-2/h3H,1H2,(H,9,10,11)/t3-/m1/s1. The number of alkyl halides is 2. The zero-order valence-electron chi connectivity index (χ0n) is 5.30. The van der Waals surface area contributed by atoms with E-state index in [0.29, 0.717) is 0 Å². The molecule has 11 heavy (non-hydrogen) atoms. The van der Waals surface area contributed by atoms with Crippen molar-refractivity contribution in [3.8, 4) is 0 Å². The molecule has 3 amide bonds. The molecule has 0 radical (unpaired) electrons. The lowest BCUT2D eigenvalue weighted by Crippen LogP contribution is -2.44. The molecule has 0 aromatic rings. The van der Waals surface area contributed by atoms with Crippen molar-refractivity contribution in [3.05, 3.63) is 0 Å². The van der Waals surface area contributed by atoms with Gasteiger partial charge < -0.3 is 0 Å². The second kappa shape index (κ2) is 3.19. The van der Waals surface area contributed by atoms with Crippen LogP contribution in [0, 0.1) is 0 Å². The van der Waals surface area contributed by atoms with Gasteiger partial charge in [0.25, 0.3) is 5.91 Å². The van der Waals surface area contributed by atoms with E-state index in [1.54, 1.807) is 0 Å². The predicted molar refractivity (Wildman–Crippen MR) is 41.3 cm³/mol. The van der Waals surface area contributed by atoms with Gasteiger partial charge in [-0.05, 0) is 0 Å². The maximum atomic E-state index is 10.8. The number of amides is 3. The number of imide groups is 1. The van der Waals surface area contributed by atoms with Crippen molar-refractivity contribution in [2.24, 2.45) is 4.99 Å². The van der Waals surface area contributed by atoms with Crippen LogP contribution in [-0.4, -0.2) is 28.9 Å². The molecule has 1 heterocycles. The highest BCUT2D eigenvalue weighted by atomic mass is 35.5. The van der Waals surface area contributed by atoms with Crippen molar-refractivity contribution < 1.29 is 9.59 Å². The van der Waals surface area contributed by atoms with Crippen LogP contribution in [0.1, 0.15) is 0 Å². The molecule has 0 bridgehead atoms. The first kappa shape index (κ1) is 8.49. The number of nitrogens with zero attached hydrogens (tertiary/aromatic N) is 1. The van der Waals surface area contributed by atoms with Crippen molar-refractivity contribution in [2.45, 2.75) is 5.38 Å². The van der Waals surface area contributed by atoms with E-state index in [9.17, 15) is 9.59 Å². The topological polar surface area (TPSA) is 58.5 Å². The van der Waals surface area contributed by atoms with Gasteiger partial charge in [-0.3, -0.25) is 10.1 Å². The minimum Gasteiger partial charge on any atom is -0.275 e. The number of hydrogen-bond acceptors (Lipinski definition) is 2. The first-order chi connectivity index (χ1) is 5.15. The lowest BCUT2D eigenvalue weighted by Gasteiger charge is -2.13. The SMILES string of the molecule is O=C1N=C(CCl)[C@@H](Cl)C(=O)N1. The van der Waals surface area contributed by atoms with E-state index >= 15 is 0 Å². The van der Waals surface area contributed by atoms with Crippen LogP contribution in [0.2, 0.25) is 0 Å². The summed E-state index contributed by atoms with van der Waals surface area (Å²) in [5, 5.41) is 1.03.